The van der Waals surface area contributed by atoms with Gasteiger partial charge in [0.25, 0.3) is 11.8 Å². The van der Waals surface area contributed by atoms with Crippen molar-refractivity contribution in [3.05, 3.63) is 129 Å². The van der Waals surface area contributed by atoms with Gasteiger partial charge in [0.1, 0.15) is 30.3 Å². The number of carbonyl (C=O) groups excluding carboxylic acids is 3. The third-order valence-corrected chi connectivity index (χ3v) is 6.92. The van der Waals surface area contributed by atoms with E-state index in [4.69, 9.17) is 21.1 Å². The zero-order valence-corrected chi connectivity index (χ0v) is 23.3. The summed E-state index contributed by atoms with van der Waals surface area (Å²) >= 11 is 9.61. The average Bonchev–Trinajstić information content (AvgIpc) is 2.95. The number of anilines is 1. The van der Waals surface area contributed by atoms with Crippen LogP contribution in [-0.4, -0.2) is 17.8 Å². The van der Waals surface area contributed by atoms with Gasteiger partial charge in [-0.15, -0.1) is 0 Å². The molecule has 40 heavy (non-hydrogen) atoms. The highest BCUT2D eigenvalue weighted by Crippen LogP contribution is 2.29. The van der Waals surface area contributed by atoms with E-state index in [1.165, 1.54) is 6.08 Å². The lowest BCUT2D eigenvalue weighted by Gasteiger charge is -2.26. The molecule has 0 saturated carbocycles. The highest BCUT2D eigenvalue weighted by molar-refractivity contribution is 9.10. The zero-order chi connectivity index (χ0) is 28.1. The Kier molecular flexibility index (Phi) is 8.28. The Morgan fingerprint density at radius 3 is 2.30 bits per heavy atom. The molecule has 5 rings (SSSR count). The van der Waals surface area contributed by atoms with Gasteiger partial charge in [-0.25, -0.2) is 9.69 Å². The highest BCUT2D eigenvalue weighted by Gasteiger charge is 2.37. The van der Waals surface area contributed by atoms with Crippen molar-refractivity contribution in [3.63, 3.8) is 0 Å². The number of carbonyl (C=O) groups is 3. The Labute approximate surface area is 244 Å². The average molecular weight is 618 g/mol. The molecule has 1 fully saturated rings. The summed E-state index contributed by atoms with van der Waals surface area (Å²) in [5.74, 6) is -0.550. The molecule has 9 heteroatoms. The number of halogens is 2. The van der Waals surface area contributed by atoms with Crippen LogP contribution in [-0.2, 0) is 22.8 Å². The van der Waals surface area contributed by atoms with Crippen LogP contribution in [0.5, 0.6) is 11.5 Å². The second-order valence-electron chi connectivity index (χ2n) is 8.79. The molecular formula is C31H22BrClN2O5. The quantitative estimate of drug-likeness (QED) is 0.171. The molecule has 4 amide bonds. The molecule has 1 aliphatic heterocycles. The van der Waals surface area contributed by atoms with Crippen molar-refractivity contribution in [2.24, 2.45) is 0 Å². The van der Waals surface area contributed by atoms with Gasteiger partial charge in [0, 0.05) is 20.6 Å². The van der Waals surface area contributed by atoms with Crippen LogP contribution < -0.4 is 19.7 Å². The molecule has 1 N–H and O–H groups in total. The largest absolute Gasteiger partial charge is 0.489 e. The van der Waals surface area contributed by atoms with Crippen LogP contribution in [0.2, 0.25) is 5.02 Å². The van der Waals surface area contributed by atoms with Crippen LogP contribution >= 0.6 is 27.5 Å². The van der Waals surface area contributed by atoms with Gasteiger partial charge in [-0.2, -0.15) is 0 Å². The normalized spacial score (nSPS) is 14.3. The molecule has 200 valence electrons. The number of urea groups is 1. The van der Waals surface area contributed by atoms with Crippen LogP contribution in [0.1, 0.15) is 16.7 Å². The fraction of sp³-hybridized carbons (Fsp3) is 0.0645. The van der Waals surface area contributed by atoms with Crippen molar-refractivity contribution in [3.8, 4) is 11.5 Å². The minimum Gasteiger partial charge on any atom is -0.489 e. The van der Waals surface area contributed by atoms with Crippen molar-refractivity contribution in [1.29, 1.82) is 0 Å². The molecular weight excluding hydrogens is 596 g/mol. The SMILES string of the molecule is O=C1NC(=O)N(c2ccc(OCc3ccccc3Cl)cc2)C(=O)/C1=C/c1cc(Br)ccc1OCc1ccccc1. The van der Waals surface area contributed by atoms with Gasteiger partial charge in [-0.05, 0) is 60.2 Å². The van der Waals surface area contributed by atoms with E-state index >= 15 is 0 Å². The van der Waals surface area contributed by atoms with E-state index in [1.54, 1.807) is 48.5 Å². The van der Waals surface area contributed by atoms with Gasteiger partial charge >= 0.3 is 6.03 Å². The number of nitrogens with zero attached hydrogens (tertiary/aromatic N) is 1. The first-order valence-electron chi connectivity index (χ1n) is 12.2. The Hall–Kier alpha value is -4.40. The maximum atomic E-state index is 13.4. The van der Waals surface area contributed by atoms with Crippen molar-refractivity contribution in [2.75, 3.05) is 4.90 Å². The number of barbiturate groups is 1. The van der Waals surface area contributed by atoms with E-state index in [0.29, 0.717) is 28.7 Å². The van der Waals surface area contributed by atoms with E-state index in [1.807, 2.05) is 48.5 Å². The van der Waals surface area contributed by atoms with E-state index in [9.17, 15) is 14.4 Å². The second-order valence-corrected chi connectivity index (χ2v) is 10.1. The first kappa shape index (κ1) is 27.2. The third kappa shape index (κ3) is 6.25. The standard InChI is InChI=1S/C31H22BrClN2O5/c32-23-10-15-28(40-18-20-6-2-1-3-7-20)22(16-23)17-26-29(36)34-31(38)35(30(26)37)24-11-13-25(14-12-24)39-19-21-8-4-5-9-27(21)33/h1-17H,18-19H2,(H,34,36,38)/b26-17+. The lowest BCUT2D eigenvalue weighted by molar-refractivity contribution is -0.122. The highest BCUT2D eigenvalue weighted by atomic mass is 79.9. The maximum Gasteiger partial charge on any atom is 0.335 e. The number of benzene rings is 4. The summed E-state index contributed by atoms with van der Waals surface area (Å²) in [6, 6.07) is 27.8. The minimum atomic E-state index is -0.841. The Bertz CT molecular complexity index is 1610. The Balaban J connectivity index is 1.36. The van der Waals surface area contributed by atoms with Gasteiger partial charge in [0.2, 0.25) is 0 Å². The molecule has 0 radical (unpaired) electrons. The fourth-order valence-corrected chi connectivity index (χ4v) is 4.58. The van der Waals surface area contributed by atoms with Crippen molar-refractivity contribution in [2.45, 2.75) is 13.2 Å². The Morgan fingerprint density at radius 2 is 1.55 bits per heavy atom. The number of hydrogen-bond acceptors (Lipinski definition) is 5. The Morgan fingerprint density at radius 1 is 0.825 bits per heavy atom. The summed E-state index contributed by atoms with van der Waals surface area (Å²) in [4.78, 5) is 39.8. The molecule has 1 saturated heterocycles. The smallest absolute Gasteiger partial charge is 0.335 e. The van der Waals surface area contributed by atoms with Gasteiger partial charge < -0.3 is 9.47 Å². The van der Waals surface area contributed by atoms with Gasteiger partial charge in [-0.3, -0.25) is 14.9 Å². The number of ether oxygens (including phenoxy) is 2. The van der Waals surface area contributed by atoms with Crippen LogP contribution in [0.3, 0.4) is 0 Å². The fourth-order valence-electron chi connectivity index (χ4n) is 4.01. The molecule has 7 nitrogen and oxygen atoms in total. The van der Waals surface area contributed by atoms with Crippen molar-refractivity contribution >= 4 is 57.1 Å². The number of imide groups is 2. The van der Waals surface area contributed by atoms with Gasteiger partial charge in [0.15, 0.2) is 0 Å². The zero-order valence-electron chi connectivity index (χ0n) is 21.0. The molecule has 4 aromatic rings. The van der Waals surface area contributed by atoms with Crippen LogP contribution in [0.15, 0.2) is 107 Å². The van der Waals surface area contributed by atoms with Crippen LogP contribution in [0.4, 0.5) is 10.5 Å². The van der Waals surface area contributed by atoms with E-state index in [2.05, 4.69) is 21.2 Å². The molecule has 0 atom stereocenters. The molecule has 0 bridgehead atoms. The summed E-state index contributed by atoms with van der Waals surface area (Å²) in [5.41, 5.74) is 2.36. The first-order valence-corrected chi connectivity index (χ1v) is 13.4. The summed E-state index contributed by atoms with van der Waals surface area (Å²) in [7, 11) is 0. The lowest BCUT2D eigenvalue weighted by Crippen LogP contribution is -2.54. The molecule has 1 aliphatic rings. The molecule has 0 aromatic heterocycles. The van der Waals surface area contributed by atoms with Gasteiger partial charge in [-0.1, -0.05) is 76.1 Å². The lowest BCUT2D eigenvalue weighted by atomic mass is 10.1. The summed E-state index contributed by atoms with van der Waals surface area (Å²) < 4.78 is 12.5. The topological polar surface area (TPSA) is 84.9 Å². The number of amides is 4. The van der Waals surface area contributed by atoms with E-state index < -0.39 is 17.8 Å². The molecule has 4 aromatic carbocycles. The number of rotatable bonds is 8. The first-order chi connectivity index (χ1) is 19.4. The predicted octanol–water partition coefficient (Wildman–Crippen LogP) is 6.93. The van der Waals surface area contributed by atoms with E-state index in [0.717, 1.165) is 20.5 Å². The summed E-state index contributed by atoms with van der Waals surface area (Å²) in [6.45, 7) is 0.555. The molecule has 1 heterocycles. The monoisotopic (exact) mass is 616 g/mol. The van der Waals surface area contributed by atoms with Gasteiger partial charge in [0.05, 0.1) is 5.69 Å². The predicted molar refractivity (Wildman–Crippen MR) is 156 cm³/mol. The molecule has 0 spiro atoms. The number of hydrogen-bond donors (Lipinski definition) is 1. The molecule has 0 unspecified atom stereocenters. The van der Waals surface area contributed by atoms with Crippen LogP contribution in [0, 0.1) is 0 Å². The van der Waals surface area contributed by atoms with Crippen LogP contribution in [0.25, 0.3) is 6.08 Å². The minimum absolute atomic E-state index is 0.207. The number of nitrogens with one attached hydrogen (secondary N) is 1. The maximum absolute atomic E-state index is 13.4. The van der Waals surface area contributed by atoms with E-state index in [-0.39, 0.29) is 17.9 Å². The molecule has 0 aliphatic carbocycles. The summed E-state index contributed by atoms with van der Waals surface area (Å²) in [6.07, 6.45) is 1.42. The van der Waals surface area contributed by atoms with Crippen molar-refractivity contribution < 1.29 is 23.9 Å². The summed E-state index contributed by atoms with van der Waals surface area (Å²) in [5, 5.41) is 2.84. The van der Waals surface area contributed by atoms with Crippen molar-refractivity contribution in [1.82, 2.24) is 5.32 Å². The third-order valence-electron chi connectivity index (χ3n) is 6.06. The second kappa shape index (κ2) is 12.2.